The van der Waals surface area contributed by atoms with Gasteiger partial charge in [0.15, 0.2) is 0 Å². The number of hydrogen-bond donors (Lipinski definition) is 2. The number of rotatable bonds is 6. The first kappa shape index (κ1) is 15.9. The van der Waals surface area contributed by atoms with Gasteiger partial charge in [-0.1, -0.05) is 32.0 Å². The Hall–Kier alpha value is -2.43. The molecule has 1 aromatic heterocycles. The lowest BCUT2D eigenvalue weighted by atomic mass is 10.1. The van der Waals surface area contributed by atoms with Crippen molar-refractivity contribution < 1.29 is 4.79 Å². The van der Waals surface area contributed by atoms with E-state index in [0.29, 0.717) is 11.5 Å². The predicted octanol–water partition coefficient (Wildman–Crippen LogP) is 3.42. The van der Waals surface area contributed by atoms with Gasteiger partial charge in [-0.3, -0.25) is 4.79 Å². The second-order valence-corrected chi connectivity index (χ2v) is 5.14. The van der Waals surface area contributed by atoms with Crippen LogP contribution < -0.4 is 10.6 Å². The smallest absolute Gasteiger partial charge is 0.258 e. The topological polar surface area (TPSA) is 66.9 Å². The van der Waals surface area contributed by atoms with E-state index in [4.69, 9.17) is 0 Å². The highest BCUT2D eigenvalue weighted by atomic mass is 16.1. The SMILES string of the molecule is CCCNc1ncc(C(=O)Nc2c(C)cccc2CC)cn1. The molecule has 2 N–H and O–H groups in total. The van der Waals surface area contributed by atoms with Crippen LogP contribution in [0.3, 0.4) is 0 Å². The van der Waals surface area contributed by atoms with E-state index >= 15 is 0 Å². The zero-order chi connectivity index (χ0) is 15.9. The first-order chi connectivity index (χ1) is 10.7. The van der Waals surface area contributed by atoms with Crippen molar-refractivity contribution in [3.05, 3.63) is 47.3 Å². The Labute approximate surface area is 131 Å². The van der Waals surface area contributed by atoms with Crippen molar-refractivity contribution >= 4 is 17.5 Å². The third-order valence-corrected chi connectivity index (χ3v) is 3.43. The summed E-state index contributed by atoms with van der Waals surface area (Å²) in [7, 11) is 0. The molecule has 1 heterocycles. The van der Waals surface area contributed by atoms with Gasteiger partial charge in [-0.25, -0.2) is 9.97 Å². The average Bonchev–Trinajstić information content (AvgIpc) is 2.55. The van der Waals surface area contributed by atoms with Gasteiger partial charge in [-0.2, -0.15) is 0 Å². The number of nitrogens with zero attached hydrogens (tertiary/aromatic N) is 2. The monoisotopic (exact) mass is 298 g/mol. The maximum Gasteiger partial charge on any atom is 0.258 e. The minimum Gasteiger partial charge on any atom is -0.354 e. The van der Waals surface area contributed by atoms with Gasteiger partial charge >= 0.3 is 0 Å². The van der Waals surface area contributed by atoms with Crippen LogP contribution in [0.15, 0.2) is 30.6 Å². The molecule has 0 bridgehead atoms. The lowest BCUT2D eigenvalue weighted by Crippen LogP contribution is -2.15. The number of aromatic nitrogens is 2. The minimum absolute atomic E-state index is 0.189. The Morgan fingerprint density at radius 2 is 1.91 bits per heavy atom. The fraction of sp³-hybridized carbons (Fsp3) is 0.353. The molecule has 0 aliphatic carbocycles. The van der Waals surface area contributed by atoms with E-state index < -0.39 is 0 Å². The zero-order valence-corrected chi connectivity index (χ0v) is 13.3. The van der Waals surface area contributed by atoms with Crippen molar-refractivity contribution in [1.82, 2.24) is 9.97 Å². The zero-order valence-electron chi connectivity index (χ0n) is 13.3. The number of para-hydroxylation sites is 1. The second-order valence-electron chi connectivity index (χ2n) is 5.14. The van der Waals surface area contributed by atoms with Crippen LogP contribution in [0.25, 0.3) is 0 Å². The molecule has 0 spiro atoms. The predicted molar refractivity (Wildman–Crippen MR) is 89.3 cm³/mol. The number of amides is 1. The molecular formula is C17H22N4O. The van der Waals surface area contributed by atoms with Crippen LogP contribution in [-0.4, -0.2) is 22.4 Å². The fourth-order valence-electron chi connectivity index (χ4n) is 2.16. The van der Waals surface area contributed by atoms with Gasteiger partial charge in [0.2, 0.25) is 5.95 Å². The molecule has 0 aliphatic heterocycles. The molecule has 0 aliphatic rings. The van der Waals surface area contributed by atoms with Crippen LogP contribution in [-0.2, 0) is 6.42 Å². The Bertz CT molecular complexity index is 638. The summed E-state index contributed by atoms with van der Waals surface area (Å²) in [6.07, 6.45) is 4.96. The van der Waals surface area contributed by atoms with Crippen molar-refractivity contribution in [3.8, 4) is 0 Å². The Morgan fingerprint density at radius 3 is 2.55 bits per heavy atom. The van der Waals surface area contributed by atoms with Gasteiger partial charge < -0.3 is 10.6 Å². The van der Waals surface area contributed by atoms with E-state index in [9.17, 15) is 4.79 Å². The first-order valence-corrected chi connectivity index (χ1v) is 7.61. The number of aryl methyl sites for hydroxylation is 2. The van der Waals surface area contributed by atoms with Crippen molar-refractivity contribution in [2.75, 3.05) is 17.2 Å². The van der Waals surface area contributed by atoms with Gasteiger partial charge in [0.1, 0.15) is 0 Å². The maximum absolute atomic E-state index is 12.3. The third-order valence-electron chi connectivity index (χ3n) is 3.43. The number of anilines is 2. The number of hydrogen-bond acceptors (Lipinski definition) is 4. The van der Waals surface area contributed by atoms with Gasteiger partial charge in [0.25, 0.3) is 5.91 Å². The second kappa shape index (κ2) is 7.54. The lowest BCUT2D eigenvalue weighted by molar-refractivity contribution is 0.102. The first-order valence-electron chi connectivity index (χ1n) is 7.61. The lowest BCUT2D eigenvalue weighted by Gasteiger charge is -2.13. The largest absolute Gasteiger partial charge is 0.354 e. The maximum atomic E-state index is 12.3. The molecule has 0 unspecified atom stereocenters. The Morgan fingerprint density at radius 1 is 1.18 bits per heavy atom. The molecule has 0 saturated heterocycles. The van der Waals surface area contributed by atoms with Crippen LogP contribution in [0.5, 0.6) is 0 Å². The van der Waals surface area contributed by atoms with Crippen LogP contribution in [0.1, 0.15) is 41.8 Å². The van der Waals surface area contributed by atoms with E-state index in [0.717, 1.165) is 36.2 Å². The average molecular weight is 298 g/mol. The summed E-state index contributed by atoms with van der Waals surface area (Å²) in [5.41, 5.74) is 3.50. The van der Waals surface area contributed by atoms with Crippen molar-refractivity contribution in [2.24, 2.45) is 0 Å². The number of nitrogens with one attached hydrogen (secondary N) is 2. The highest BCUT2D eigenvalue weighted by molar-refractivity contribution is 6.04. The standard InChI is InChI=1S/C17H22N4O/c1-4-9-18-17-19-10-14(11-20-17)16(22)21-15-12(3)7-6-8-13(15)5-2/h6-8,10-11H,4-5,9H2,1-3H3,(H,21,22)(H,18,19,20). The molecule has 5 nitrogen and oxygen atoms in total. The number of carbonyl (C=O) groups is 1. The van der Waals surface area contributed by atoms with E-state index in [1.54, 1.807) is 12.4 Å². The number of benzene rings is 1. The summed E-state index contributed by atoms with van der Waals surface area (Å²) >= 11 is 0. The molecule has 2 aromatic rings. The molecule has 1 amide bonds. The van der Waals surface area contributed by atoms with E-state index in [1.807, 2.05) is 25.1 Å². The normalized spacial score (nSPS) is 10.3. The van der Waals surface area contributed by atoms with Crippen molar-refractivity contribution in [1.29, 1.82) is 0 Å². The minimum atomic E-state index is -0.189. The fourth-order valence-corrected chi connectivity index (χ4v) is 2.16. The Kier molecular flexibility index (Phi) is 5.47. The summed E-state index contributed by atoms with van der Waals surface area (Å²) < 4.78 is 0. The molecule has 1 aromatic carbocycles. The summed E-state index contributed by atoms with van der Waals surface area (Å²) in [5, 5.41) is 6.05. The molecule has 116 valence electrons. The summed E-state index contributed by atoms with van der Waals surface area (Å²) in [4.78, 5) is 20.7. The van der Waals surface area contributed by atoms with Crippen molar-refractivity contribution in [2.45, 2.75) is 33.6 Å². The molecule has 0 saturated carbocycles. The summed E-state index contributed by atoms with van der Waals surface area (Å²) in [6, 6.07) is 6.01. The van der Waals surface area contributed by atoms with Gasteiger partial charge in [0.05, 0.1) is 5.56 Å². The van der Waals surface area contributed by atoms with Crippen LogP contribution in [0.4, 0.5) is 11.6 Å². The summed E-state index contributed by atoms with van der Waals surface area (Å²) in [5.74, 6) is 0.356. The van der Waals surface area contributed by atoms with Gasteiger partial charge in [-0.15, -0.1) is 0 Å². The highest BCUT2D eigenvalue weighted by Gasteiger charge is 2.11. The highest BCUT2D eigenvalue weighted by Crippen LogP contribution is 2.21. The van der Waals surface area contributed by atoms with Gasteiger partial charge in [0, 0.05) is 24.6 Å². The molecule has 0 fully saturated rings. The molecule has 0 atom stereocenters. The van der Waals surface area contributed by atoms with E-state index in [-0.39, 0.29) is 5.91 Å². The van der Waals surface area contributed by atoms with Crippen LogP contribution >= 0.6 is 0 Å². The Balaban J connectivity index is 2.12. The molecule has 2 rings (SSSR count). The molecular weight excluding hydrogens is 276 g/mol. The van der Waals surface area contributed by atoms with E-state index in [1.165, 1.54) is 0 Å². The quantitative estimate of drug-likeness (QED) is 0.857. The van der Waals surface area contributed by atoms with E-state index in [2.05, 4.69) is 34.4 Å². The van der Waals surface area contributed by atoms with Crippen LogP contribution in [0.2, 0.25) is 0 Å². The third kappa shape index (κ3) is 3.81. The molecule has 22 heavy (non-hydrogen) atoms. The number of carbonyl (C=O) groups excluding carboxylic acids is 1. The van der Waals surface area contributed by atoms with Gasteiger partial charge in [-0.05, 0) is 30.9 Å². The molecule has 5 heteroatoms. The molecule has 0 radical (unpaired) electrons. The van der Waals surface area contributed by atoms with Crippen molar-refractivity contribution in [3.63, 3.8) is 0 Å². The summed E-state index contributed by atoms with van der Waals surface area (Å²) in [6.45, 7) is 6.95. The van der Waals surface area contributed by atoms with Crippen LogP contribution in [0, 0.1) is 6.92 Å².